The van der Waals surface area contributed by atoms with Gasteiger partial charge in [-0.15, -0.1) is 11.8 Å². The van der Waals surface area contributed by atoms with Gasteiger partial charge in [0.25, 0.3) is 5.91 Å². The SMILES string of the molecule is CCCC[C@@H](C)N(CCNCCc1ccc(O)c2c1OCC(=O)N2)C(=O)CCOCCc1cccc(CCN2CCC3(CC2)CN(C(=O)C2CSC(C)=N2)CCO3)c1. The van der Waals surface area contributed by atoms with E-state index in [1.54, 1.807) is 17.8 Å². The molecule has 13 nitrogen and oxygen atoms in total. The van der Waals surface area contributed by atoms with Crippen molar-refractivity contribution in [1.82, 2.24) is 20.0 Å². The molecule has 6 rings (SSSR count). The number of amides is 3. The Morgan fingerprint density at radius 1 is 1.12 bits per heavy atom. The third-order valence-corrected chi connectivity index (χ3v) is 12.9. The van der Waals surface area contributed by atoms with Crippen molar-refractivity contribution in [3.8, 4) is 11.5 Å². The zero-order valence-corrected chi connectivity index (χ0v) is 35.6. The number of thioether (sulfide) groups is 1. The number of hydrogen-bond acceptors (Lipinski definition) is 11. The van der Waals surface area contributed by atoms with Gasteiger partial charge in [-0.3, -0.25) is 19.4 Å². The molecule has 3 amide bonds. The van der Waals surface area contributed by atoms with Crippen LogP contribution in [0.1, 0.15) is 76.0 Å². The molecule has 0 bridgehead atoms. The second-order valence-corrected chi connectivity index (χ2v) is 17.4. The number of ether oxygens (including phenoxy) is 3. The molecule has 2 fully saturated rings. The Bertz CT molecular complexity index is 1730. The van der Waals surface area contributed by atoms with Crippen LogP contribution in [0, 0.1) is 0 Å². The topological polar surface area (TPSA) is 145 Å². The highest BCUT2D eigenvalue weighted by Crippen LogP contribution is 2.39. The highest BCUT2D eigenvalue weighted by atomic mass is 32.2. The van der Waals surface area contributed by atoms with Crippen LogP contribution in [0.5, 0.6) is 11.5 Å². The summed E-state index contributed by atoms with van der Waals surface area (Å²) in [7, 11) is 0. The maximum absolute atomic E-state index is 13.4. The molecular formula is C44H64N6O7S. The first kappa shape index (κ1) is 43.9. The Morgan fingerprint density at radius 2 is 1.93 bits per heavy atom. The first-order chi connectivity index (χ1) is 28.1. The monoisotopic (exact) mass is 820 g/mol. The van der Waals surface area contributed by atoms with E-state index in [-0.39, 0.29) is 47.8 Å². The van der Waals surface area contributed by atoms with Gasteiger partial charge in [-0.2, -0.15) is 0 Å². The number of likely N-dealkylation sites (tertiary alicyclic amines) is 1. The summed E-state index contributed by atoms with van der Waals surface area (Å²) in [4.78, 5) is 49.4. The van der Waals surface area contributed by atoms with Crippen molar-refractivity contribution < 1.29 is 33.7 Å². The average Bonchev–Trinajstić information content (AvgIpc) is 3.67. The Hall–Kier alpha value is -3.69. The third kappa shape index (κ3) is 12.2. The molecule has 0 saturated carbocycles. The highest BCUT2D eigenvalue weighted by molar-refractivity contribution is 8.14. The predicted octanol–water partition coefficient (Wildman–Crippen LogP) is 4.68. The molecule has 318 valence electrons. The van der Waals surface area contributed by atoms with Crippen molar-refractivity contribution in [2.75, 3.05) is 89.9 Å². The van der Waals surface area contributed by atoms with Crippen LogP contribution in [0.4, 0.5) is 5.69 Å². The van der Waals surface area contributed by atoms with E-state index in [1.165, 1.54) is 11.1 Å². The number of aliphatic imine (C=N–C) groups is 1. The van der Waals surface area contributed by atoms with Crippen LogP contribution in [0.25, 0.3) is 0 Å². The lowest BCUT2D eigenvalue weighted by atomic mass is 9.89. The van der Waals surface area contributed by atoms with Crippen molar-refractivity contribution in [3.63, 3.8) is 0 Å². The van der Waals surface area contributed by atoms with Crippen molar-refractivity contribution in [2.24, 2.45) is 4.99 Å². The summed E-state index contributed by atoms with van der Waals surface area (Å²) in [6.45, 7) is 14.0. The van der Waals surface area contributed by atoms with Gasteiger partial charge in [0.2, 0.25) is 11.8 Å². The van der Waals surface area contributed by atoms with Crippen LogP contribution in [0.2, 0.25) is 0 Å². The zero-order chi connectivity index (χ0) is 40.9. The summed E-state index contributed by atoms with van der Waals surface area (Å²) in [6, 6.07) is 12.1. The molecule has 4 aliphatic heterocycles. The normalized spacial score (nSPS) is 19.6. The molecule has 2 aromatic carbocycles. The summed E-state index contributed by atoms with van der Waals surface area (Å²) in [5.74, 6) is 1.25. The lowest BCUT2D eigenvalue weighted by molar-refractivity contribution is -0.160. The summed E-state index contributed by atoms with van der Waals surface area (Å²) >= 11 is 1.68. The summed E-state index contributed by atoms with van der Waals surface area (Å²) in [5, 5.41) is 17.3. The van der Waals surface area contributed by atoms with Gasteiger partial charge in [0.05, 0.1) is 36.9 Å². The number of carbonyl (C=O) groups is 3. The van der Waals surface area contributed by atoms with Crippen molar-refractivity contribution in [2.45, 2.75) is 96.2 Å². The Kier molecular flexibility index (Phi) is 16.3. The van der Waals surface area contributed by atoms with Gasteiger partial charge < -0.3 is 44.7 Å². The molecule has 2 atom stereocenters. The number of unbranched alkanes of at least 4 members (excludes halogenated alkanes) is 1. The maximum Gasteiger partial charge on any atom is 0.262 e. The molecule has 0 aliphatic carbocycles. The van der Waals surface area contributed by atoms with Crippen LogP contribution in [-0.2, 0) is 43.1 Å². The van der Waals surface area contributed by atoms with E-state index in [9.17, 15) is 19.5 Å². The second-order valence-electron chi connectivity index (χ2n) is 16.2. The molecule has 3 N–H and O–H groups in total. The number of hydrogen-bond donors (Lipinski definition) is 3. The van der Waals surface area contributed by atoms with Crippen LogP contribution in [-0.4, -0.2) is 145 Å². The van der Waals surface area contributed by atoms with E-state index >= 15 is 0 Å². The number of carbonyl (C=O) groups excluding carboxylic acids is 3. The zero-order valence-electron chi connectivity index (χ0n) is 34.8. The lowest BCUT2D eigenvalue weighted by Gasteiger charge is -2.47. The van der Waals surface area contributed by atoms with E-state index in [0.717, 1.165) is 80.9 Å². The summed E-state index contributed by atoms with van der Waals surface area (Å²) in [5.41, 5.74) is 3.56. The standard InChI is InChI=1S/C44H64N6O7S/c1-4-5-7-32(2)50(23-19-45-18-12-36-10-11-38(51)41-42(36)56-29-39(52)47-41)40(53)15-26-55-25-14-35-9-6-8-34(28-35)13-20-48-21-16-44(17-22-48)31-49(24-27-57-44)43(54)37-30-58-33(3)46-37/h6,8-11,28,32,37,45,51H,4-5,7,12-27,29-31H2,1-3H3,(H,47,52)/t32-,37?/m1/s1. The molecule has 0 radical (unpaired) electrons. The van der Waals surface area contributed by atoms with E-state index < -0.39 is 0 Å². The summed E-state index contributed by atoms with van der Waals surface area (Å²) < 4.78 is 18.0. The van der Waals surface area contributed by atoms with Gasteiger partial charge >= 0.3 is 0 Å². The minimum absolute atomic E-state index is 0.00822. The average molecular weight is 821 g/mol. The Labute approximate surface area is 348 Å². The molecule has 4 heterocycles. The lowest BCUT2D eigenvalue weighted by Crippen LogP contribution is -2.59. The van der Waals surface area contributed by atoms with E-state index in [1.807, 2.05) is 22.8 Å². The number of morpholine rings is 1. The van der Waals surface area contributed by atoms with Crippen LogP contribution in [0.3, 0.4) is 0 Å². The number of phenols is 1. The molecule has 0 aromatic heterocycles. The number of phenolic OH excluding ortho intramolecular Hbond substituents is 1. The van der Waals surface area contributed by atoms with Gasteiger partial charge in [-0.05, 0) is 81.7 Å². The number of nitrogens with one attached hydrogen (secondary N) is 2. The van der Waals surface area contributed by atoms with Crippen LogP contribution in [0.15, 0.2) is 41.4 Å². The number of aromatic hydroxyl groups is 1. The van der Waals surface area contributed by atoms with Crippen molar-refractivity contribution in [3.05, 3.63) is 53.1 Å². The minimum atomic E-state index is -0.283. The number of benzene rings is 2. The third-order valence-electron chi connectivity index (χ3n) is 11.9. The molecule has 58 heavy (non-hydrogen) atoms. The number of anilines is 1. The van der Waals surface area contributed by atoms with Gasteiger partial charge in [0, 0.05) is 57.6 Å². The van der Waals surface area contributed by atoms with Gasteiger partial charge in [0.1, 0.15) is 17.5 Å². The molecule has 2 saturated heterocycles. The van der Waals surface area contributed by atoms with E-state index in [0.29, 0.717) is 76.8 Å². The molecule has 2 aromatic rings. The molecule has 14 heteroatoms. The van der Waals surface area contributed by atoms with E-state index in [2.05, 4.69) is 58.6 Å². The van der Waals surface area contributed by atoms with Gasteiger partial charge in [-0.25, -0.2) is 0 Å². The Morgan fingerprint density at radius 3 is 2.71 bits per heavy atom. The molecule has 4 aliphatic rings. The van der Waals surface area contributed by atoms with Crippen molar-refractivity contribution in [1.29, 1.82) is 0 Å². The maximum atomic E-state index is 13.4. The van der Waals surface area contributed by atoms with Crippen LogP contribution >= 0.6 is 11.8 Å². The smallest absolute Gasteiger partial charge is 0.262 e. The first-order valence-electron chi connectivity index (χ1n) is 21.4. The number of fused-ring (bicyclic) bond motifs is 1. The number of nitrogens with zero attached hydrogens (tertiary/aromatic N) is 4. The quantitative estimate of drug-likeness (QED) is 0.127. The fourth-order valence-corrected chi connectivity index (χ4v) is 9.20. The van der Waals surface area contributed by atoms with Crippen LogP contribution < -0.4 is 15.4 Å². The van der Waals surface area contributed by atoms with Gasteiger partial charge in [-0.1, -0.05) is 50.1 Å². The fraction of sp³-hybridized carbons (Fsp3) is 0.636. The second kappa shape index (κ2) is 21.5. The fourth-order valence-electron chi connectivity index (χ4n) is 8.38. The molecule has 1 unspecified atom stereocenters. The van der Waals surface area contributed by atoms with Gasteiger partial charge in [0.15, 0.2) is 12.4 Å². The number of rotatable bonds is 20. The summed E-state index contributed by atoms with van der Waals surface area (Å²) in [6.07, 6.45) is 7.78. The minimum Gasteiger partial charge on any atom is -0.506 e. The highest BCUT2D eigenvalue weighted by Gasteiger charge is 2.42. The van der Waals surface area contributed by atoms with Crippen molar-refractivity contribution >= 4 is 40.2 Å². The molecule has 1 spiro atoms. The van der Waals surface area contributed by atoms with E-state index in [4.69, 9.17) is 14.2 Å². The number of piperidine rings is 1. The predicted molar refractivity (Wildman–Crippen MR) is 229 cm³/mol. The Balaban J connectivity index is 0.873. The largest absolute Gasteiger partial charge is 0.506 e. The first-order valence-corrected chi connectivity index (χ1v) is 22.4. The molecular weight excluding hydrogens is 757 g/mol.